The van der Waals surface area contributed by atoms with Crippen LogP contribution >= 0.6 is 0 Å². The second-order valence-corrected chi connectivity index (χ2v) is 5.99. The van der Waals surface area contributed by atoms with Crippen molar-refractivity contribution in [3.63, 3.8) is 0 Å². The zero-order valence-corrected chi connectivity index (χ0v) is 15.8. The van der Waals surface area contributed by atoms with Gasteiger partial charge in [0.2, 0.25) is 0 Å². The maximum Gasteiger partial charge on any atom is 0.328 e. The molecule has 0 radical (unpaired) electrons. The van der Waals surface area contributed by atoms with Crippen LogP contribution in [0.15, 0.2) is 30.3 Å². The molecule has 0 N–H and O–H groups in total. The monoisotopic (exact) mass is 353 g/mol. The van der Waals surface area contributed by atoms with Crippen molar-refractivity contribution in [1.29, 1.82) is 0 Å². The van der Waals surface area contributed by atoms with Gasteiger partial charge in [-0.25, -0.2) is 4.79 Å². The van der Waals surface area contributed by atoms with Gasteiger partial charge in [0.05, 0.1) is 12.8 Å². The molecule has 0 aromatic heterocycles. The van der Waals surface area contributed by atoms with E-state index in [0.717, 1.165) is 21.9 Å². The zero-order chi connectivity index (χ0) is 19.3. The minimum absolute atomic E-state index is 0.246. The number of hydrogen-bond acceptors (Lipinski definition) is 4. The van der Waals surface area contributed by atoms with E-state index in [1.165, 1.54) is 12.0 Å². The molecule has 2 rings (SSSR count). The number of carbonyl (C=O) groups is 2. The number of nitrogens with zero attached hydrogens (tertiary/aromatic N) is 1. The van der Waals surface area contributed by atoms with E-state index in [9.17, 15) is 9.59 Å². The van der Waals surface area contributed by atoms with Crippen molar-refractivity contribution in [2.24, 2.45) is 0 Å². The second kappa shape index (κ2) is 8.39. The summed E-state index contributed by atoms with van der Waals surface area (Å²) in [4.78, 5) is 26.6. The van der Waals surface area contributed by atoms with Gasteiger partial charge in [0, 0.05) is 12.3 Å². The Labute approximate surface area is 153 Å². The van der Waals surface area contributed by atoms with Crippen LogP contribution in [-0.4, -0.2) is 31.6 Å². The highest BCUT2D eigenvalue weighted by Gasteiger charge is 2.31. The molecule has 1 atom stereocenters. The molecule has 26 heavy (non-hydrogen) atoms. The first-order valence-corrected chi connectivity index (χ1v) is 8.34. The Morgan fingerprint density at radius 3 is 2.58 bits per heavy atom. The van der Waals surface area contributed by atoms with E-state index >= 15 is 0 Å². The normalized spacial score (nSPS) is 11.3. The lowest BCUT2D eigenvalue weighted by Gasteiger charge is -2.30. The summed E-state index contributed by atoms with van der Waals surface area (Å²) >= 11 is 0. The molecular weight excluding hydrogens is 330 g/mol. The molecule has 0 spiro atoms. The van der Waals surface area contributed by atoms with Crippen LogP contribution in [-0.2, 0) is 19.1 Å². The Balaban J connectivity index is 2.66. The van der Waals surface area contributed by atoms with Gasteiger partial charge in [-0.1, -0.05) is 36.3 Å². The van der Waals surface area contributed by atoms with Crippen LogP contribution < -0.4 is 4.90 Å². The molecule has 0 bridgehead atoms. The summed E-state index contributed by atoms with van der Waals surface area (Å²) in [6.45, 7) is 6.94. The van der Waals surface area contributed by atoms with E-state index in [4.69, 9.17) is 9.47 Å². The molecule has 0 heterocycles. The number of rotatable bonds is 5. The number of anilines is 1. The van der Waals surface area contributed by atoms with E-state index in [1.807, 2.05) is 38.1 Å². The molecule has 0 saturated carbocycles. The molecule has 0 aliphatic heterocycles. The first-order valence-electron chi connectivity index (χ1n) is 8.34. The third-order valence-electron chi connectivity index (χ3n) is 4.34. The molecule has 0 unspecified atom stereocenters. The maximum absolute atomic E-state index is 12.9. The predicted octanol–water partition coefficient (Wildman–Crippen LogP) is 3.35. The van der Waals surface area contributed by atoms with Crippen molar-refractivity contribution in [3.8, 4) is 12.0 Å². The fraction of sp³-hybridized carbons (Fsp3) is 0.333. The molecule has 5 nitrogen and oxygen atoms in total. The summed E-state index contributed by atoms with van der Waals surface area (Å²) in [6.07, 6.45) is 2.42. The second-order valence-electron chi connectivity index (χ2n) is 5.99. The third-order valence-corrected chi connectivity index (χ3v) is 4.34. The van der Waals surface area contributed by atoms with E-state index in [-0.39, 0.29) is 12.5 Å². The van der Waals surface area contributed by atoms with Crippen molar-refractivity contribution in [2.45, 2.75) is 33.7 Å². The standard InChI is InChI=1S/C21H23NO4/c1-6-11-26-13-19(23)22(16(4)21(24)25-5)20-15(3)14(2)12-17-9-7-8-10-18(17)20/h7-10,12,16H,13H2,1-5H3/t16-/m0/s1. The van der Waals surface area contributed by atoms with Crippen LogP contribution in [0, 0.1) is 25.9 Å². The van der Waals surface area contributed by atoms with Gasteiger partial charge in [0.1, 0.15) is 12.1 Å². The molecule has 5 heteroatoms. The molecule has 136 valence electrons. The van der Waals surface area contributed by atoms with Gasteiger partial charge >= 0.3 is 5.97 Å². The minimum Gasteiger partial charge on any atom is -0.467 e. The fourth-order valence-corrected chi connectivity index (χ4v) is 2.93. The van der Waals surface area contributed by atoms with Crippen molar-refractivity contribution < 1.29 is 19.1 Å². The van der Waals surface area contributed by atoms with E-state index in [1.54, 1.807) is 13.8 Å². The topological polar surface area (TPSA) is 55.8 Å². The lowest BCUT2D eigenvalue weighted by Crippen LogP contribution is -2.46. The minimum atomic E-state index is -0.797. The molecular formula is C21H23NO4. The zero-order valence-electron chi connectivity index (χ0n) is 15.8. The number of hydrogen-bond donors (Lipinski definition) is 0. The number of benzene rings is 2. The Kier molecular flexibility index (Phi) is 6.24. The molecule has 1 amide bonds. The summed E-state index contributed by atoms with van der Waals surface area (Å²) in [5.74, 6) is 1.73. The van der Waals surface area contributed by atoms with Gasteiger partial charge in [0.15, 0.2) is 6.61 Å². The average molecular weight is 353 g/mol. The highest BCUT2D eigenvalue weighted by atomic mass is 16.5. The molecule has 0 fully saturated rings. The molecule has 0 aliphatic rings. The summed E-state index contributed by atoms with van der Waals surface area (Å²) in [5.41, 5.74) is 2.65. The number of fused-ring (bicyclic) bond motifs is 1. The van der Waals surface area contributed by atoms with Crippen molar-refractivity contribution >= 4 is 28.3 Å². The van der Waals surface area contributed by atoms with Crippen molar-refractivity contribution in [1.82, 2.24) is 0 Å². The summed E-state index contributed by atoms with van der Waals surface area (Å²) in [5, 5.41) is 1.89. The molecule has 0 aliphatic carbocycles. The maximum atomic E-state index is 12.9. The Bertz CT molecular complexity index is 892. The number of carbonyl (C=O) groups excluding carboxylic acids is 2. The van der Waals surface area contributed by atoms with Gasteiger partial charge in [-0.2, -0.15) is 0 Å². The number of ether oxygens (including phenoxy) is 2. The van der Waals surface area contributed by atoms with E-state index in [0.29, 0.717) is 5.69 Å². The quantitative estimate of drug-likeness (QED) is 0.611. The van der Waals surface area contributed by atoms with Crippen LogP contribution in [0.4, 0.5) is 5.69 Å². The average Bonchev–Trinajstić information content (AvgIpc) is 2.64. The highest BCUT2D eigenvalue weighted by molar-refractivity contribution is 6.08. The number of aryl methyl sites for hydroxylation is 1. The lowest BCUT2D eigenvalue weighted by atomic mass is 9.98. The molecule has 2 aromatic carbocycles. The lowest BCUT2D eigenvalue weighted by molar-refractivity contribution is -0.143. The Hall–Kier alpha value is -3.00. The smallest absolute Gasteiger partial charge is 0.328 e. The number of methoxy groups -OCH3 is 1. The van der Waals surface area contributed by atoms with Gasteiger partial charge in [-0.05, 0) is 37.3 Å². The summed E-state index contributed by atoms with van der Waals surface area (Å²) in [6, 6.07) is 9.04. The predicted molar refractivity (Wildman–Crippen MR) is 102 cm³/mol. The largest absolute Gasteiger partial charge is 0.467 e. The summed E-state index contributed by atoms with van der Waals surface area (Å²) < 4.78 is 9.96. The number of esters is 1. The van der Waals surface area contributed by atoms with Gasteiger partial charge in [-0.3, -0.25) is 9.69 Å². The van der Waals surface area contributed by atoms with Crippen molar-refractivity contribution in [3.05, 3.63) is 41.5 Å². The SMILES string of the molecule is CC#COCC(=O)N(c1c(C)c(C)cc2ccccc12)[C@@H](C)C(=O)OC. The van der Waals surface area contributed by atoms with Crippen LogP contribution in [0.25, 0.3) is 10.8 Å². The molecule has 0 saturated heterocycles. The third kappa shape index (κ3) is 3.80. The number of amides is 1. The van der Waals surface area contributed by atoms with Gasteiger partial charge < -0.3 is 9.47 Å². The van der Waals surface area contributed by atoms with Crippen molar-refractivity contribution in [2.75, 3.05) is 18.6 Å². The molecule has 2 aromatic rings. The van der Waals surface area contributed by atoms with E-state index in [2.05, 4.69) is 18.1 Å². The Morgan fingerprint density at radius 2 is 1.92 bits per heavy atom. The highest BCUT2D eigenvalue weighted by Crippen LogP contribution is 2.34. The van der Waals surface area contributed by atoms with Gasteiger partial charge in [-0.15, -0.1) is 0 Å². The van der Waals surface area contributed by atoms with Crippen LogP contribution in [0.2, 0.25) is 0 Å². The summed E-state index contributed by atoms with van der Waals surface area (Å²) in [7, 11) is 1.31. The van der Waals surface area contributed by atoms with Crippen LogP contribution in [0.5, 0.6) is 0 Å². The first kappa shape index (κ1) is 19.3. The fourth-order valence-electron chi connectivity index (χ4n) is 2.93. The van der Waals surface area contributed by atoms with Crippen LogP contribution in [0.1, 0.15) is 25.0 Å². The van der Waals surface area contributed by atoms with Gasteiger partial charge in [0.25, 0.3) is 5.91 Å². The van der Waals surface area contributed by atoms with Crippen LogP contribution in [0.3, 0.4) is 0 Å². The first-order chi connectivity index (χ1) is 12.4. The van der Waals surface area contributed by atoms with E-state index < -0.39 is 12.0 Å². The Morgan fingerprint density at radius 1 is 1.23 bits per heavy atom.